The molecule has 0 bridgehead atoms. The average Bonchev–Trinajstić information content (AvgIpc) is 0.918. The molecule has 4 heavy (non-hydrogen) atoms. The normalized spacial score (nSPS) is 1.75. The van der Waals surface area contributed by atoms with Gasteiger partial charge in [0.1, 0.15) is 0 Å². The minimum absolute atomic E-state index is 0. The third-order valence-electron chi connectivity index (χ3n) is 0. The Morgan fingerprint density at radius 2 is 2.00 bits per heavy atom. The fourth-order valence-electron chi connectivity index (χ4n) is 0. The number of nitrogens with zero attached hydrogens (tertiary/aromatic N) is 1. The van der Waals surface area contributed by atoms with Crippen LogP contribution in [0.4, 0.5) is 0 Å². The zero-order chi connectivity index (χ0) is 2.71. The Labute approximate surface area is 50.2 Å². The molecule has 0 unspecified atom stereocenters. The van der Waals surface area contributed by atoms with Gasteiger partial charge in [0.15, 0.2) is 0 Å². The molecular formula is CHBNNa. The SMILES string of the molecule is [B]C#N.[H-].[Na+]. The van der Waals surface area contributed by atoms with E-state index in [2.05, 4.69) is 7.85 Å². The molecule has 1 nitrogen and oxygen atoms in total. The van der Waals surface area contributed by atoms with Crippen molar-refractivity contribution in [1.29, 1.82) is 5.26 Å². The Balaban J connectivity index is -0.0000000200. The van der Waals surface area contributed by atoms with Gasteiger partial charge in [-0.15, -0.1) is 0 Å². The standard InChI is InChI=1S/CBN.Na.H/c2-1-3;;/q;+1;-1. The molecule has 0 spiro atoms. The fraction of sp³-hybridized carbons (Fsp3) is 0. The van der Waals surface area contributed by atoms with E-state index < -0.39 is 0 Å². The van der Waals surface area contributed by atoms with E-state index in [1.54, 1.807) is 0 Å². The first kappa shape index (κ1) is 8.82. The van der Waals surface area contributed by atoms with Crippen LogP contribution in [-0.2, 0) is 0 Å². The second kappa shape index (κ2) is 9.60. The van der Waals surface area contributed by atoms with E-state index in [0.29, 0.717) is 0 Å². The second-order valence-corrected chi connectivity index (χ2v) is 0.129. The van der Waals surface area contributed by atoms with E-state index in [9.17, 15) is 0 Å². The van der Waals surface area contributed by atoms with Gasteiger partial charge in [-0.3, -0.25) is 0 Å². The molecule has 0 saturated heterocycles. The maximum Gasteiger partial charge on any atom is 1.00 e. The van der Waals surface area contributed by atoms with Crippen LogP contribution in [0.15, 0.2) is 0 Å². The minimum Gasteiger partial charge on any atom is -1.00 e. The molecule has 3 heteroatoms. The third-order valence-corrected chi connectivity index (χ3v) is 0. The van der Waals surface area contributed by atoms with E-state index in [0.717, 1.165) is 0 Å². The molecule has 0 fully saturated rings. The number of rotatable bonds is 0. The maximum atomic E-state index is 7.10. The monoisotopic (exact) mass is 61.0 g/mol. The van der Waals surface area contributed by atoms with Crippen LogP contribution in [0.25, 0.3) is 0 Å². The summed E-state index contributed by atoms with van der Waals surface area (Å²) in [7, 11) is 4.15. The van der Waals surface area contributed by atoms with Gasteiger partial charge in [-0.1, -0.05) is 0 Å². The molecule has 0 aliphatic heterocycles. The number of hydrogen-bond donors (Lipinski definition) is 0. The Bertz CT molecular complexity index is 33.1. The second-order valence-electron chi connectivity index (χ2n) is 0.129. The Kier molecular flexibility index (Phi) is 21.2. The van der Waals surface area contributed by atoms with Crippen LogP contribution in [0, 0.1) is 11.2 Å². The molecule has 0 aliphatic carbocycles. The van der Waals surface area contributed by atoms with E-state index in [-0.39, 0.29) is 31.0 Å². The maximum absolute atomic E-state index is 7.10. The Hall–Kier alpha value is 0.555. The summed E-state index contributed by atoms with van der Waals surface area (Å²) < 4.78 is 0. The van der Waals surface area contributed by atoms with Gasteiger partial charge in [0, 0.05) is 0 Å². The molecule has 0 heterocycles. The zero-order valence-corrected chi connectivity index (χ0v) is 4.52. The van der Waals surface area contributed by atoms with Crippen molar-refractivity contribution in [3.05, 3.63) is 0 Å². The van der Waals surface area contributed by atoms with Gasteiger partial charge >= 0.3 is 29.6 Å². The summed E-state index contributed by atoms with van der Waals surface area (Å²) in [5.41, 5.74) is 0. The van der Waals surface area contributed by atoms with Crippen LogP contribution in [0.3, 0.4) is 0 Å². The molecule has 0 aliphatic rings. The van der Waals surface area contributed by atoms with Crippen LogP contribution in [-0.4, -0.2) is 7.85 Å². The van der Waals surface area contributed by atoms with Crippen LogP contribution < -0.4 is 29.6 Å². The number of nitriles is 1. The van der Waals surface area contributed by atoms with E-state index in [4.69, 9.17) is 5.26 Å². The van der Waals surface area contributed by atoms with Crippen molar-refractivity contribution in [2.75, 3.05) is 0 Å². The summed E-state index contributed by atoms with van der Waals surface area (Å²) in [5, 5.41) is 7.10. The van der Waals surface area contributed by atoms with Gasteiger partial charge in [0.25, 0.3) is 0 Å². The first-order chi connectivity index (χ1) is 1.41. The molecular weight excluding hydrogens is 59.8 g/mol. The van der Waals surface area contributed by atoms with Crippen LogP contribution in [0.2, 0.25) is 0 Å². The van der Waals surface area contributed by atoms with E-state index in [1.807, 2.05) is 0 Å². The molecule has 14 valence electrons. The summed E-state index contributed by atoms with van der Waals surface area (Å²) in [6.07, 6.45) is 0. The van der Waals surface area contributed by atoms with E-state index in [1.165, 1.54) is 5.97 Å². The predicted octanol–water partition coefficient (Wildman–Crippen LogP) is -3.25. The Morgan fingerprint density at radius 1 is 2.00 bits per heavy atom. The molecule has 0 N–H and O–H groups in total. The van der Waals surface area contributed by atoms with Gasteiger partial charge in [-0.25, -0.2) is 5.26 Å². The molecule has 0 aromatic carbocycles. The average molecular weight is 60.8 g/mol. The smallest absolute Gasteiger partial charge is 1.00 e. The van der Waals surface area contributed by atoms with Gasteiger partial charge in [0.2, 0.25) is 7.85 Å². The van der Waals surface area contributed by atoms with Crippen molar-refractivity contribution in [2.45, 2.75) is 0 Å². The van der Waals surface area contributed by atoms with Gasteiger partial charge in [-0.2, -0.15) is 0 Å². The van der Waals surface area contributed by atoms with Crippen LogP contribution in [0.5, 0.6) is 0 Å². The summed E-state index contributed by atoms with van der Waals surface area (Å²) in [5.74, 6) is 1.25. The van der Waals surface area contributed by atoms with Crippen molar-refractivity contribution in [3.63, 3.8) is 0 Å². The van der Waals surface area contributed by atoms with Crippen molar-refractivity contribution in [1.82, 2.24) is 0 Å². The molecule has 0 aromatic heterocycles. The minimum atomic E-state index is 0. The van der Waals surface area contributed by atoms with Crippen molar-refractivity contribution >= 4 is 7.85 Å². The first-order valence-corrected chi connectivity index (χ1v) is 0.512. The van der Waals surface area contributed by atoms with Gasteiger partial charge in [-0.05, 0) is 5.97 Å². The summed E-state index contributed by atoms with van der Waals surface area (Å²) in [6.45, 7) is 0. The Morgan fingerprint density at radius 3 is 2.00 bits per heavy atom. The molecule has 0 saturated carbocycles. The largest absolute Gasteiger partial charge is 1.00 e. The van der Waals surface area contributed by atoms with Crippen molar-refractivity contribution < 1.29 is 31.0 Å². The molecule has 0 atom stereocenters. The zero-order valence-electron chi connectivity index (χ0n) is 3.52. The third kappa shape index (κ3) is 20.1. The molecule has 0 aromatic rings. The van der Waals surface area contributed by atoms with E-state index >= 15 is 0 Å². The molecule has 0 rings (SSSR count). The molecule has 0 amide bonds. The van der Waals surface area contributed by atoms with Gasteiger partial charge < -0.3 is 1.43 Å². The molecule has 2 radical (unpaired) electrons. The van der Waals surface area contributed by atoms with Crippen LogP contribution >= 0.6 is 0 Å². The quantitative estimate of drug-likeness (QED) is 0.270. The van der Waals surface area contributed by atoms with Crippen molar-refractivity contribution in [2.24, 2.45) is 0 Å². The number of hydrogen-bond acceptors (Lipinski definition) is 1. The summed E-state index contributed by atoms with van der Waals surface area (Å²) >= 11 is 0. The summed E-state index contributed by atoms with van der Waals surface area (Å²) in [4.78, 5) is 0. The first-order valence-electron chi connectivity index (χ1n) is 0.512. The van der Waals surface area contributed by atoms with Crippen molar-refractivity contribution in [3.8, 4) is 5.97 Å². The summed E-state index contributed by atoms with van der Waals surface area (Å²) in [6, 6.07) is 0. The topological polar surface area (TPSA) is 23.8 Å². The van der Waals surface area contributed by atoms with Crippen LogP contribution in [0.1, 0.15) is 1.43 Å². The predicted molar refractivity (Wildman–Crippen MR) is 12.5 cm³/mol. The fourth-order valence-corrected chi connectivity index (χ4v) is 0. The van der Waals surface area contributed by atoms with Gasteiger partial charge in [0.05, 0.1) is 0 Å².